The van der Waals surface area contributed by atoms with Crippen LogP contribution in [0.25, 0.3) is 0 Å². The fourth-order valence-corrected chi connectivity index (χ4v) is 2.44. The van der Waals surface area contributed by atoms with Crippen molar-refractivity contribution in [3.63, 3.8) is 0 Å². The minimum atomic E-state index is -1.19. The summed E-state index contributed by atoms with van der Waals surface area (Å²) in [4.78, 5) is 25.3. The van der Waals surface area contributed by atoms with E-state index in [1.54, 1.807) is 13.8 Å². The van der Waals surface area contributed by atoms with Gasteiger partial charge in [0.05, 0.1) is 0 Å². The number of aryl methyl sites for hydroxylation is 2. The lowest BCUT2D eigenvalue weighted by atomic mass is 9.90. The topological polar surface area (TPSA) is 58.2 Å². The molecule has 2 N–H and O–H groups in total. The molecular formula is C21H26N2O2. The lowest BCUT2D eigenvalue weighted by Crippen LogP contribution is -2.41. The van der Waals surface area contributed by atoms with Crippen molar-refractivity contribution in [1.29, 1.82) is 0 Å². The Balaban J connectivity index is 2.09. The van der Waals surface area contributed by atoms with Crippen molar-refractivity contribution in [2.45, 2.75) is 40.5 Å². The summed E-state index contributed by atoms with van der Waals surface area (Å²) in [6.07, 6.45) is 1.76. The monoisotopic (exact) mass is 338 g/mol. The smallest absolute Gasteiger partial charge is 0.239 e. The van der Waals surface area contributed by atoms with Crippen molar-refractivity contribution in [1.82, 2.24) is 0 Å². The third-order valence-corrected chi connectivity index (χ3v) is 4.40. The first kappa shape index (κ1) is 18.7. The van der Waals surface area contributed by atoms with Crippen LogP contribution in [0.2, 0.25) is 0 Å². The molecule has 4 nitrogen and oxygen atoms in total. The molecule has 0 radical (unpaired) electrons. The van der Waals surface area contributed by atoms with Crippen molar-refractivity contribution >= 4 is 23.2 Å². The van der Waals surface area contributed by atoms with Gasteiger partial charge >= 0.3 is 0 Å². The van der Waals surface area contributed by atoms with Crippen LogP contribution in [0.15, 0.2) is 48.5 Å². The number of rotatable bonds is 6. The number of hydrogen-bond acceptors (Lipinski definition) is 2. The summed E-state index contributed by atoms with van der Waals surface area (Å²) in [6.45, 7) is 7.37. The quantitative estimate of drug-likeness (QED) is 0.766. The van der Waals surface area contributed by atoms with Crippen LogP contribution < -0.4 is 10.6 Å². The van der Waals surface area contributed by atoms with Crippen molar-refractivity contribution < 1.29 is 9.59 Å². The number of anilines is 2. The van der Waals surface area contributed by atoms with Crippen molar-refractivity contribution in [2.75, 3.05) is 10.6 Å². The highest BCUT2D eigenvalue weighted by Gasteiger charge is 2.36. The Labute approximate surface area is 149 Å². The number of para-hydroxylation sites is 1. The van der Waals surface area contributed by atoms with Crippen molar-refractivity contribution in [3.8, 4) is 0 Å². The van der Waals surface area contributed by atoms with E-state index < -0.39 is 5.41 Å². The molecule has 0 aliphatic carbocycles. The molecule has 0 atom stereocenters. The highest BCUT2D eigenvalue weighted by molar-refractivity contribution is 6.14. The fourth-order valence-electron chi connectivity index (χ4n) is 2.44. The SMILES string of the molecule is CCc1ccc(NC(=O)C(C)(C)C(=O)Nc2ccccc2CC)cc1. The van der Waals surface area contributed by atoms with E-state index in [0.717, 1.165) is 24.1 Å². The minimum Gasteiger partial charge on any atom is -0.325 e. The Morgan fingerprint density at radius 1 is 0.840 bits per heavy atom. The maximum atomic E-state index is 12.7. The van der Waals surface area contributed by atoms with Crippen LogP contribution >= 0.6 is 0 Å². The molecule has 0 heterocycles. The number of benzene rings is 2. The summed E-state index contributed by atoms with van der Waals surface area (Å²) in [5, 5.41) is 5.72. The summed E-state index contributed by atoms with van der Waals surface area (Å²) < 4.78 is 0. The summed E-state index contributed by atoms with van der Waals surface area (Å²) in [5.74, 6) is -0.653. The van der Waals surface area contributed by atoms with E-state index in [0.29, 0.717) is 5.69 Å². The summed E-state index contributed by atoms with van der Waals surface area (Å²) in [7, 11) is 0. The van der Waals surface area contributed by atoms with E-state index in [2.05, 4.69) is 17.6 Å². The predicted molar refractivity (Wildman–Crippen MR) is 103 cm³/mol. The molecule has 0 unspecified atom stereocenters. The standard InChI is InChI=1S/C21H26N2O2/c1-5-15-11-13-17(14-12-15)22-19(24)21(3,4)20(25)23-18-10-8-7-9-16(18)6-2/h7-14H,5-6H2,1-4H3,(H,22,24)(H,23,25). The van der Waals surface area contributed by atoms with Gasteiger partial charge in [-0.15, -0.1) is 0 Å². The fraction of sp³-hybridized carbons (Fsp3) is 0.333. The molecule has 25 heavy (non-hydrogen) atoms. The van der Waals surface area contributed by atoms with Gasteiger partial charge in [0.1, 0.15) is 5.41 Å². The van der Waals surface area contributed by atoms with Crippen LogP contribution in [-0.4, -0.2) is 11.8 Å². The van der Waals surface area contributed by atoms with Crippen LogP contribution in [0.3, 0.4) is 0 Å². The first-order valence-electron chi connectivity index (χ1n) is 8.68. The Kier molecular flexibility index (Phi) is 5.97. The molecule has 0 fully saturated rings. The Morgan fingerprint density at radius 2 is 1.44 bits per heavy atom. The first-order chi connectivity index (χ1) is 11.9. The van der Waals surface area contributed by atoms with E-state index in [4.69, 9.17) is 0 Å². The summed E-state index contributed by atoms with van der Waals surface area (Å²) >= 11 is 0. The van der Waals surface area contributed by atoms with E-state index in [1.807, 2.05) is 55.5 Å². The predicted octanol–water partition coefficient (Wildman–Crippen LogP) is 4.41. The number of hydrogen-bond donors (Lipinski definition) is 2. The average molecular weight is 338 g/mol. The van der Waals surface area contributed by atoms with Gasteiger partial charge in [-0.1, -0.05) is 44.2 Å². The van der Waals surface area contributed by atoms with Gasteiger partial charge in [0, 0.05) is 11.4 Å². The number of nitrogens with one attached hydrogen (secondary N) is 2. The lowest BCUT2D eigenvalue weighted by molar-refractivity contribution is -0.135. The van der Waals surface area contributed by atoms with Gasteiger partial charge in [-0.25, -0.2) is 0 Å². The molecule has 2 aromatic carbocycles. The van der Waals surface area contributed by atoms with E-state index in [9.17, 15) is 9.59 Å². The molecule has 4 heteroatoms. The first-order valence-corrected chi connectivity index (χ1v) is 8.68. The highest BCUT2D eigenvalue weighted by atomic mass is 16.2. The van der Waals surface area contributed by atoms with E-state index in [-0.39, 0.29) is 11.8 Å². The summed E-state index contributed by atoms with van der Waals surface area (Å²) in [6, 6.07) is 15.3. The Hall–Kier alpha value is -2.62. The Bertz CT molecular complexity index is 749. The highest BCUT2D eigenvalue weighted by Crippen LogP contribution is 2.23. The third kappa shape index (κ3) is 4.47. The van der Waals surface area contributed by atoms with Gasteiger partial charge in [-0.3, -0.25) is 9.59 Å². The minimum absolute atomic E-state index is 0.323. The zero-order valence-corrected chi connectivity index (χ0v) is 15.3. The van der Waals surface area contributed by atoms with Crippen LogP contribution in [0.1, 0.15) is 38.8 Å². The number of carbonyl (C=O) groups is 2. The molecule has 132 valence electrons. The van der Waals surface area contributed by atoms with Gasteiger partial charge < -0.3 is 10.6 Å². The van der Waals surface area contributed by atoms with E-state index >= 15 is 0 Å². The van der Waals surface area contributed by atoms with Crippen LogP contribution in [0, 0.1) is 5.41 Å². The zero-order chi connectivity index (χ0) is 18.4. The second kappa shape index (κ2) is 7.97. The maximum Gasteiger partial charge on any atom is 0.239 e. The second-order valence-corrected chi connectivity index (χ2v) is 6.59. The van der Waals surface area contributed by atoms with Gasteiger partial charge in [-0.2, -0.15) is 0 Å². The molecular weight excluding hydrogens is 312 g/mol. The average Bonchev–Trinajstić information content (AvgIpc) is 2.62. The van der Waals surface area contributed by atoms with Gasteiger partial charge in [0.15, 0.2) is 0 Å². The largest absolute Gasteiger partial charge is 0.325 e. The maximum absolute atomic E-state index is 12.7. The molecule has 0 saturated carbocycles. The van der Waals surface area contributed by atoms with E-state index in [1.165, 1.54) is 5.56 Å². The van der Waals surface area contributed by atoms with Gasteiger partial charge in [0.2, 0.25) is 11.8 Å². The molecule has 0 saturated heterocycles. The number of carbonyl (C=O) groups excluding carboxylic acids is 2. The van der Waals surface area contributed by atoms with Crippen molar-refractivity contribution in [3.05, 3.63) is 59.7 Å². The lowest BCUT2D eigenvalue weighted by Gasteiger charge is -2.23. The zero-order valence-electron chi connectivity index (χ0n) is 15.3. The second-order valence-electron chi connectivity index (χ2n) is 6.59. The molecule has 0 aliphatic rings. The van der Waals surface area contributed by atoms with Crippen LogP contribution in [0.5, 0.6) is 0 Å². The van der Waals surface area contributed by atoms with Crippen LogP contribution in [0.4, 0.5) is 11.4 Å². The molecule has 0 spiro atoms. The normalized spacial score (nSPS) is 11.0. The molecule has 0 aliphatic heterocycles. The van der Waals surface area contributed by atoms with Crippen LogP contribution in [-0.2, 0) is 22.4 Å². The summed E-state index contributed by atoms with van der Waals surface area (Å²) in [5.41, 5.74) is 2.50. The molecule has 0 bridgehead atoms. The Morgan fingerprint density at radius 3 is 2.04 bits per heavy atom. The molecule has 2 rings (SSSR count). The van der Waals surface area contributed by atoms with Gasteiger partial charge in [-0.05, 0) is 56.0 Å². The van der Waals surface area contributed by atoms with Crippen molar-refractivity contribution in [2.24, 2.45) is 5.41 Å². The van der Waals surface area contributed by atoms with Gasteiger partial charge in [0.25, 0.3) is 0 Å². The molecule has 2 amide bonds. The number of amides is 2. The molecule has 0 aromatic heterocycles. The third-order valence-electron chi connectivity index (χ3n) is 4.40. The molecule has 2 aromatic rings.